The molecule has 0 aliphatic carbocycles. The zero-order chi connectivity index (χ0) is 25.6. The zero-order valence-electron chi connectivity index (χ0n) is 20.7. The van der Waals surface area contributed by atoms with Crippen LogP contribution in [-0.4, -0.2) is 5.91 Å². The Balaban J connectivity index is 2.02. The van der Waals surface area contributed by atoms with E-state index in [-0.39, 0.29) is 5.91 Å². The van der Waals surface area contributed by atoms with E-state index in [4.69, 9.17) is 11.6 Å². The Labute approximate surface area is 224 Å². The minimum atomic E-state index is -2.88. The van der Waals surface area contributed by atoms with E-state index >= 15 is 0 Å². The van der Waals surface area contributed by atoms with E-state index in [1.165, 1.54) is 15.9 Å². The minimum absolute atomic E-state index is 0.00914. The fourth-order valence-corrected chi connectivity index (χ4v) is 10.1. The van der Waals surface area contributed by atoms with Crippen LogP contribution < -0.4 is 21.2 Å². The number of carbonyl (C=O) groups is 1. The summed E-state index contributed by atoms with van der Waals surface area (Å²) < 4.78 is 0. The second kappa shape index (κ2) is 11.5. The molecule has 184 valence electrons. The first kappa shape index (κ1) is 26.2. The molecule has 0 saturated heterocycles. The number of halogens is 1. The van der Waals surface area contributed by atoms with Gasteiger partial charge in [0, 0.05) is 0 Å². The number of carbonyl (C=O) groups excluding carboxylic acids is 1. The predicted octanol–water partition coefficient (Wildman–Crippen LogP) is 7.12. The van der Waals surface area contributed by atoms with E-state index in [9.17, 15) is 4.79 Å². The fourth-order valence-electron chi connectivity index (χ4n) is 4.19. The first-order valence-electron chi connectivity index (χ1n) is 11.9. The molecule has 0 aromatic heterocycles. The van der Waals surface area contributed by atoms with Gasteiger partial charge in [-0.3, -0.25) is 0 Å². The van der Waals surface area contributed by atoms with Crippen LogP contribution in [0.2, 0.25) is 5.02 Å². The van der Waals surface area contributed by atoms with E-state index in [2.05, 4.69) is 83.5 Å². The molecule has 0 saturated carbocycles. The molecule has 0 aliphatic heterocycles. The van der Waals surface area contributed by atoms with E-state index in [1.807, 2.05) is 63.2 Å². The molecule has 36 heavy (non-hydrogen) atoms. The third-order valence-electron chi connectivity index (χ3n) is 6.08. The number of hydrogen-bond acceptors (Lipinski definition) is 2. The quantitative estimate of drug-likeness (QED) is 0.203. The van der Waals surface area contributed by atoms with E-state index < -0.39 is 12.7 Å². The van der Waals surface area contributed by atoms with E-state index in [1.54, 1.807) is 11.8 Å². The van der Waals surface area contributed by atoms with Gasteiger partial charge in [-0.05, 0) is 0 Å². The van der Waals surface area contributed by atoms with Crippen molar-refractivity contribution in [3.05, 3.63) is 131 Å². The molecule has 4 rings (SSSR count). The second-order valence-corrected chi connectivity index (χ2v) is 14.8. The van der Waals surface area contributed by atoms with Crippen molar-refractivity contribution in [2.45, 2.75) is 25.7 Å². The van der Waals surface area contributed by atoms with Gasteiger partial charge in [-0.1, -0.05) is 0 Å². The number of benzene rings is 4. The fraction of sp³-hybridized carbons (Fsp3) is 0.129. The average Bonchev–Trinajstić information content (AvgIpc) is 2.90. The Morgan fingerprint density at radius 1 is 0.722 bits per heavy atom. The molecule has 2 nitrogen and oxygen atoms in total. The van der Waals surface area contributed by atoms with Crippen LogP contribution in [0.3, 0.4) is 0 Å². The van der Waals surface area contributed by atoms with Gasteiger partial charge >= 0.3 is 225 Å². The van der Waals surface area contributed by atoms with Crippen molar-refractivity contribution in [3.63, 3.8) is 0 Å². The molecule has 0 fully saturated rings. The molecule has 0 spiro atoms. The summed E-state index contributed by atoms with van der Waals surface area (Å²) in [7, 11) is -2.88. The van der Waals surface area contributed by atoms with Crippen LogP contribution in [0, 0.1) is 5.41 Å². The molecule has 0 aliphatic rings. The number of thioether (sulfide) groups is 1. The summed E-state index contributed by atoms with van der Waals surface area (Å²) in [4.78, 5) is 14.6. The Hall–Kier alpha value is -2.84. The molecule has 0 atom stereocenters. The van der Waals surface area contributed by atoms with Gasteiger partial charge in [-0.2, -0.15) is 0 Å². The molecule has 0 radical (unpaired) electrons. The summed E-state index contributed by atoms with van der Waals surface area (Å²) >= 11 is 7.73. The van der Waals surface area contributed by atoms with Crippen LogP contribution in [-0.2, 0) is 4.79 Å². The van der Waals surface area contributed by atoms with Gasteiger partial charge in [-0.15, -0.1) is 0 Å². The SMILES string of the molecule is CC(C)(C)C(=O)NC(=CSc1ccc(Cl)cc1)[PH](c1ccccc1)(c1ccccc1)c1ccccc1. The van der Waals surface area contributed by atoms with Crippen LogP contribution in [0.15, 0.2) is 131 Å². The molecule has 4 aromatic rings. The Morgan fingerprint density at radius 2 is 1.14 bits per heavy atom. The topological polar surface area (TPSA) is 29.1 Å². The normalized spacial score (nSPS) is 12.7. The van der Waals surface area contributed by atoms with Crippen molar-refractivity contribution >= 4 is 52.4 Å². The van der Waals surface area contributed by atoms with Gasteiger partial charge in [0.05, 0.1) is 0 Å². The van der Waals surface area contributed by atoms with Crippen molar-refractivity contribution in [3.8, 4) is 0 Å². The molecule has 5 heteroatoms. The molecule has 1 N–H and O–H groups in total. The summed E-state index contributed by atoms with van der Waals surface area (Å²) in [5.41, 5.74) is 0.389. The third kappa shape index (κ3) is 5.76. The number of amides is 1. The van der Waals surface area contributed by atoms with Crippen LogP contribution >= 0.6 is 30.6 Å². The molecular formula is C31H31ClNOPS. The molecule has 0 unspecified atom stereocenters. The van der Waals surface area contributed by atoms with Gasteiger partial charge in [0.1, 0.15) is 0 Å². The maximum absolute atomic E-state index is 13.5. The number of hydrogen-bond donors (Lipinski definition) is 1. The average molecular weight is 532 g/mol. The Bertz CT molecular complexity index is 1220. The van der Waals surface area contributed by atoms with Crippen molar-refractivity contribution in [2.24, 2.45) is 5.41 Å². The van der Waals surface area contributed by atoms with Crippen molar-refractivity contribution in [1.82, 2.24) is 5.32 Å². The Kier molecular flexibility index (Phi) is 8.36. The summed E-state index contributed by atoms with van der Waals surface area (Å²) in [6.07, 6.45) is 0. The van der Waals surface area contributed by atoms with Crippen LogP contribution in [0.4, 0.5) is 0 Å². The number of rotatable bonds is 7. The molecule has 0 bridgehead atoms. The van der Waals surface area contributed by atoms with Crippen molar-refractivity contribution in [1.29, 1.82) is 0 Å². The van der Waals surface area contributed by atoms with Crippen LogP contribution in [0.5, 0.6) is 0 Å². The monoisotopic (exact) mass is 531 g/mol. The van der Waals surface area contributed by atoms with E-state index in [0.717, 1.165) is 10.3 Å². The summed E-state index contributed by atoms with van der Waals surface area (Å²) in [6.45, 7) is 5.84. The van der Waals surface area contributed by atoms with Gasteiger partial charge in [0.15, 0.2) is 0 Å². The maximum atomic E-state index is 13.5. The van der Waals surface area contributed by atoms with Crippen LogP contribution in [0.1, 0.15) is 20.8 Å². The summed E-state index contributed by atoms with van der Waals surface area (Å²) in [6, 6.07) is 39.5. The molecule has 4 aromatic carbocycles. The molecular weight excluding hydrogens is 501 g/mol. The third-order valence-corrected chi connectivity index (χ3v) is 12.1. The van der Waals surface area contributed by atoms with Crippen molar-refractivity contribution in [2.75, 3.05) is 0 Å². The van der Waals surface area contributed by atoms with Crippen LogP contribution in [0.25, 0.3) is 0 Å². The molecule has 1 amide bonds. The van der Waals surface area contributed by atoms with Gasteiger partial charge < -0.3 is 0 Å². The predicted molar refractivity (Wildman–Crippen MR) is 160 cm³/mol. The van der Waals surface area contributed by atoms with Gasteiger partial charge in [0.25, 0.3) is 0 Å². The first-order valence-corrected chi connectivity index (χ1v) is 15.2. The molecule has 0 heterocycles. The summed E-state index contributed by atoms with van der Waals surface area (Å²) in [5, 5.41) is 9.87. The Morgan fingerprint density at radius 3 is 1.53 bits per heavy atom. The van der Waals surface area contributed by atoms with Crippen molar-refractivity contribution < 1.29 is 4.79 Å². The van der Waals surface area contributed by atoms with E-state index in [0.29, 0.717) is 5.02 Å². The first-order chi connectivity index (χ1) is 17.3. The summed E-state index contributed by atoms with van der Waals surface area (Å²) in [5.74, 6) is -0.00914. The second-order valence-electron chi connectivity index (χ2n) is 9.66. The standard InChI is InChI=1S/C31H31ClNOPS/c1-31(2,3)30(34)33-29(23-36-28-21-19-24(32)20-22-28)35(25-13-7-4-8-14-25,26-15-9-5-10-16-26)27-17-11-6-12-18-27/h4-23,35H,1-3H3,(H,33,34). The van der Waals surface area contributed by atoms with Gasteiger partial charge in [-0.25, -0.2) is 0 Å². The zero-order valence-corrected chi connectivity index (χ0v) is 23.3. The van der Waals surface area contributed by atoms with Gasteiger partial charge in [0.2, 0.25) is 0 Å². The number of nitrogens with one attached hydrogen (secondary N) is 1.